The molecule has 2 N–H and O–H groups in total. The van der Waals surface area contributed by atoms with E-state index in [4.69, 9.17) is 0 Å². The van der Waals surface area contributed by atoms with Gasteiger partial charge in [0.25, 0.3) is 0 Å². The van der Waals surface area contributed by atoms with Crippen LogP contribution < -0.4 is 10.0 Å². The summed E-state index contributed by atoms with van der Waals surface area (Å²) in [6.45, 7) is 6.90. The van der Waals surface area contributed by atoms with Crippen LogP contribution in [0.15, 0.2) is 58.3 Å². The normalized spacial score (nSPS) is 16.8. The van der Waals surface area contributed by atoms with Crippen molar-refractivity contribution < 1.29 is 13.2 Å². The molecule has 162 valence electrons. The maximum Gasteiger partial charge on any atom is 0.240 e. The molecule has 0 saturated carbocycles. The summed E-state index contributed by atoms with van der Waals surface area (Å²) in [5.74, 6) is 0.486. The number of rotatable bonds is 9. The van der Waals surface area contributed by atoms with E-state index in [-0.39, 0.29) is 16.7 Å². The third-order valence-corrected chi connectivity index (χ3v) is 7.89. The van der Waals surface area contributed by atoms with Gasteiger partial charge in [-0.05, 0) is 43.3 Å². The quantitative estimate of drug-likeness (QED) is 0.575. The Hall–Kier alpha value is -1.87. The second kappa shape index (κ2) is 10.4. The summed E-state index contributed by atoms with van der Waals surface area (Å²) in [5, 5.41) is 2.84. The van der Waals surface area contributed by atoms with E-state index in [0.717, 1.165) is 31.0 Å². The molecule has 1 atom stereocenters. The molecule has 0 saturated heterocycles. The van der Waals surface area contributed by atoms with Crippen LogP contribution in [0.3, 0.4) is 0 Å². The van der Waals surface area contributed by atoms with E-state index in [0.29, 0.717) is 18.0 Å². The number of hydrogen-bond donors (Lipinski definition) is 2. The zero-order valence-corrected chi connectivity index (χ0v) is 19.1. The largest absolute Gasteiger partial charge is 0.325 e. The third-order valence-electron chi connectivity index (χ3n) is 5.10. The van der Waals surface area contributed by atoms with Crippen molar-refractivity contribution in [3.05, 3.63) is 54.1 Å². The fraction of sp³-hybridized carbons (Fsp3) is 0.409. The monoisotopic (exact) mass is 447 g/mol. The topological polar surface area (TPSA) is 78.5 Å². The van der Waals surface area contributed by atoms with Crippen molar-refractivity contribution in [3.8, 4) is 0 Å². The Morgan fingerprint density at radius 2 is 1.97 bits per heavy atom. The van der Waals surface area contributed by atoms with Gasteiger partial charge in [-0.15, -0.1) is 11.8 Å². The molecule has 0 aromatic heterocycles. The van der Waals surface area contributed by atoms with E-state index < -0.39 is 10.0 Å². The summed E-state index contributed by atoms with van der Waals surface area (Å²) in [5.41, 5.74) is 1.82. The van der Waals surface area contributed by atoms with Gasteiger partial charge >= 0.3 is 0 Å². The highest BCUT2D eigenvalue weighted by atomic mass is 32.2. The van der Waals surface area contributed by atoms with Crippen LogP contribution in [0.2, 0.25) is 0 Å². The van der Waals surface area contributed by atoms with Gasteiger partial charge in [0.15, 0.2) is 0 Å². The maximum absolute atomic E-state index is 12.7. The molecule has 1 heterocycles. The van der Waals surface area contributed by atoms with Gasteiger partial charge in [-0.1, -0.05) is 44.2 Å². The summed E-state index contributed by atoms with van der Waals surface area (Å²) in [4.78, 5) is 15.4. The zero-order chi connectivity index (χ0) is 21.6. The number of anilines is 1. The molecule has 3 rings (SSSR count). The molecule has 0 unspecified atom stereocenters. The number of amides is 1. The van der Waals surface area contributed by atoms with Crippen LogP contribution in [0, 0.1) is 5.92 Å². The summed E-state index contributed by atoms with van der Waals surface area (Å²) in [6.07, 6.45) is 0.717. The van der Waals surface area contributed by atoms with Crippen LogP contribution in [0.1, 0.15) is 25.8 Å². The van der Waals surface area contributed by atoms with Crippen molar-refractivity contribution in [2.45, 2.75) is 36.6 Å². The Bertz CT molecular complexity index is 965. The predicted octanol–water partition coefficient (Wildman–Crippen LogP) is 3.56. The first kappa shape index (κ1) is 22.8. The van der Waals surface area contributed by atoms with Gasteiger partial charge in [0.2, 0.25) is 15.9 Å². The molecule has 1 aliphatic rings. The van der Waals surface area contributed by atoms with Gasteiger partial charge in [-0.2, -0.15) is 0 Å². The minimum Gasteiger partial charge on any atom is -0.325 e. The summed E-state index contributed by atoms with van der Waals surface area (Å²) >= 11 is 1.56. The van der Waals surface area contributed by atoms with Gasteiger partial charge in [0.1, 0.15) is 0 Å². The number of carbonyl (C=O) groups is 1. The van der Waals surface area contributed by atoms with E-state index in [1.807, 2.05) is 25.1 Å². The number of nitrogens with zero attached hydrogens (tertiary/aromatic N) is 1. The van der Waals surface area contributed by atoms with Gasteiger partial charge in [-0.3, -0.25) is 9.69 Å². The van der Waals surface area contributed by atoms with Gasteiger partial charge in [0, 0.05) is 29.7 Å². The fourth-order valence-corrected chi connectivity index (χ4v) is 5.34. The van der Waals surface area contributed by atoms with Gasteiger partial charge in [0.05, 0.1) is 10.6 Å². The Morgan fingerprint density at radius 1 is 1.20 bits per heavy atom. The fourth-order valence-electron chi connectivity index (χ4n) is 3.23. The van der Waals surface area contributed by atoms with E-state index >= 15 is 0 Å². The maximum atomic E-state index is 12.7. The second-order valence-electron chi connectivity index (χ2n) is 7.46. The van der Waals surface area contributed by atoms with E-state index in [1.54, 1.807) is 30.0 Å². The minimum absolute atomic E-state index is 0.0816. The van der Waals surface area contributed by atoms with Crippen LogP contribution in [0.5, 0.6) is 0 Å². The van der Waals surface area contributed by atoms with Crippen molar-refractivity contribution >= 4 is 33.4 Å². The number of carbonyl (C=O) groups excluding carboxylic acids is 1. The van der Waals surface area contributed by atoms with Gasteiger partial charge < -0.3 is 5.32 Å². The molecule has 2 aromatic rings. The first-order valence-corrected chi connectivity index (χ1v) is 12.7. The lowest BCUT2D eigenvalue weighted by Gasteiger charge is -2.20. The summed E-state index contributed by atoms with van der Waals surface area (Å²) in [7, 11) is -3.63. The Labute approximate surface area is 183 Å². The molecule has 0 aliphatic carbocycles. The SMILES string of the molecule is CCN(CCCNS(=O)(=O)c1ccc2c(c1)NC(=O)[C@H](C)CS2)Cc1ccccc1. The first-order chi connectivity index (χ1) is 14.4. The van der Waals surface area contributed by atoms with E-state index in [9.17, 15) is 13.2 Å². The molecule has 0 spiro atoms. The molecular weight excluding hydrogens is 418 g/mol. The second-order valence-corrected chi connectivity index (χ2v) is 10.3. The Morgan fingerprint density at radius 3 is 2.70 bits per heavy atom. The zero-order valence-electron chi connectivity index (χ0n) is 17.4. The molecule has 0 bridgehead atoms. The third kappa shape index (κ3) is 6.07. The van der Waals surface area contributed by atoms with Crippen molar-refractivity contribution in [3.63, 3.8) is 0 Å². The molecular formula is C22H29N3O3S2. The predicted molar refractivity (Wildman–Crippen MR) is 122 cm³/mol. The first-order valence-electron chi connectivity index (χ1n) is 10.2. The number of thioether (sulfide) groups is 1. The number of benzene rings is 2. The number of fused-ring (bicyclic) bond motifs is 1. The summed E-state index contributed by atoms with van der Waals surface area (Å²) in [6, 6.07) is 15.2. The smallest absolute Gasteiger partial charge is 0.240 e. The van der Waals surface area contributed by atoms with Crippen molar-refractivity contribution in [1.29, 1.82) is 0 Å². The highest BCUT2D eigenvalue weighted by Crippen LogP contribution is 2.34. The van der Waals surface area contributed by atoms with Crippen LogP contribution >= 0.6 is 11.8 Å². The van der Waals surface area contributed by atoms with Crippen molar-refractivity contribution in [2.75, 3.05) is 30.7 Å². The molecule has 30 heavy (non-hydrogen) atoms. The lowest BCUT2D eigenvalue weighted by molar-refractivity contribution is -0.118. The average Bonchev–Trinajstić information content (AvgIpc) is 2.88. The van der Waals surface area contributed by atoms with Crippen LogP contribution in [0.25, 0.3) is 0 Å². The lowest BCUT2D eigenvalue weighted by atomic mass is 10.2. The molecule has 0 radical (unpaired) electrons. The van der Waals surface area contributed by atoms with Crippen molar-refractivity contribution in [1.82, 2.24) is 9.62 Å². The lowest BCUT2D eigenvalue weighted by Crippen LogP contribution is -2.30. The molecule has 0 fully saturated rings. The molecule has 2 aromatic carbocycles. The van der Waals surface area contributed by atoms with Crippen LogP contribution in [-0.4, -0.2) is 44.6 Å². The number of nitrogens with one attached hydrogen (secondary N) is 2. The molecule has 1 aliphatic heterocycles. The van der Waals surface area contributed by atoms with Gasteiger partial charge in [-0.25, -0.2) is 13.1 Å². The average molecular weight is 448 g/mol. The molecule has 6 nitrogen and oxygen atoms in total. The molecule has 8 heteroatoms. The highest BCUT2D eigenvalue weighted by Gasteiger charge is 2.22. The van der Waals surface area contributed by atoms with Crippen LogP contribution in [-0.2, 0) is 21.4 Å². The Kier molecular flexibility index (Phi) is 7.93. The molecule has 1 amide bonds. The van der Waals surface area contributed by atoms with Crippen LogP contribution in [0.4, 0.5) is 5.69 Å². The standard InChI is InChI=1S/C22H29N3O3S2/c1-3-25(15-18-8-5-4-6-9-18)13-7-12-23-30(27,28)19-10-11-21-20(14-19)24-22(26)17(2)16-29-21/h4-6,8-11,14,17,23H,3,7,12-13,15-16H2,1-2H3,(H,24,26)/t17-/m1/s1. The number of sulfonamides is 1. The minimum atomic E-state index is -3.63. The Balaban J connectivity index is 1.55. The van der Waals surface area contributed by atoms with E-state index in [1.165, 1.54) is 5.56 Å². The highest BCUT2D eigenvalue weighted by molar-refractivity contribution is 7.99. The van der Waals surface area contributed by atoms with Crippen molar-refractivity contribution in [2.24, 2.45) is 5.92 Å². The number of hydrogen-bond acceptors (Lipinski definition) is 5. The van der Waals surface area contributed by atoms with E-state index in [2.05, 4.69) is 34.0 Å². The summed E-state index contributed by atoms with van der Waals surface area (Å²) < 4.78 is 28.1.